The van der Waals surface area contributed by atoms with Crippen LogP contribution in [0.25, 0.3) is 27.9 Å². The molecular formula is C25H26ClN5O. The van der Waals surface area contributed by atoms with Gasteiger partial charge in [-0.15, -0.1) is 0 Å². The fourth-order valence-electron chi connectivity index (χ4n) is 3.90. The lowest BCUT2D eigenvalue weighted by Gasteiger charge is -2.12. The van der Waals surface area contributed by atoms with Crippen molar-refractivity contribution in [2.75, 3.05) is 11.9 Å². The van der Waals surface area contributed by atoms with Crippen molar-refractivity contribution >= 4 is 40.0 Å². The number of nitrogens with zero attached hydrogens (tertiary/aromatic N) is 3. The Hall–Kier alpha value is -3.12. The molecule has 0 atom stereocenters. The molecule has 0 saturated heterocycles. The second-order valence-corrected chi connectivity index (χ2v) is 8.88. The molecule has 1 aliphatic rings. The van der Waals surface area contributed by atoms with Gasteiger partial charge in [-0.2, -0.15) is 0 Å². The monoisotopic (exact) mass is 447 g/mol. The fraction of sp³-hybridized carbons (Fsp3) is 0.320. The summed E-state index contributed by atoms with van der Waals surface area (Å²) in [5, 5.41) is 6.89. The molecule has 0 bridgehead atoms. The number of imidazole rings is 1. The van der Waals surface area contributed by atoms with Gasteiger partial charge in [-0.3, -0.25) is 9.20 Å². The predicted molar refractivity (Wildman–Crippen MR) is 130 cm³/mol. The van der Waals surface area contributed by atoms with E-state index in [-0.39, 0.29) is 11.9 Å². The average Bonchev–Trinajstić information content (AvgIpc) is 3.47. The lowest BCUT2D eigenvalue weighted by atomic mass is 10.1. The number of aryl methyl sites for hydroxylation is 1. The number of fused-ring (bicyclic) bond motifs is 3. The third-order valence-electron chi connectivity index (χ3n) is 5.82. The molecule has 0 unspecified atom stereocenters. The van der Waals surface area contributed by atoms with E-state index in [9.17, 15) is 4.79 Å². The molecule has 4 aromatic rings. The van der Waals surface area contributed by atoms with Crippen LogP contribution in [0.4, 0.5) is 5.82 Å². The van der Waals surface area contributed by atoms with Crippen molar-refractivity contribution in [2.24, 2.45) is 0 Å². The van der Waals surface area contributed by atoms with Crippen LogP contribution in [0.5, 0.6) is 0 Å². The first-order chi connectivity index (χ1) is 15.5. The van der Waals surface area contributed by atoms with Gasteiger partial charge in [0.15, 0.2) is 11.5 Å². The third kappa shape index (κ3) is 3.91. The number of carbonyl (C=O) groups is 1. The largest absolute Gasteiger partial charge is 0.367 e. The Kier molecular flexibility index (Phi) is 5.47. The van der Waals surface area contributed by atoms with E-state index in [0.29, 0.717) is 10.6 Å². The SMILES string of the molecule is CCCCNc1nc2cc(C)ccc2n2c(-c3ccc(C(=O)NC4CC4)c(Cl)c3)cnc12. The number of hydrogen-bond donors (Lipinski definition) is 2. The summed E-state index contributed by atoms with van der Waals surface area (Å²) in [5.74, 6) is 0.657. The first-order valence-electron chi connectivity index (χ1n) is 11.2. The first-order valence-corrected chi connectivity index (χ1v) is 11.6. The van der Waals surface area contributed by atoms with E-state index < -0.39 is 0 Å². The molecule has 6 nitrogen and oxygen atoms in total. The quantitative estimate of drug-likeness (QED) is 0.361. The highest BCUT2D eigenvalue weighted by atomic mass is 35.5. The molecule has 0 radical (unpaired) electrons. The Bertz CT molecular complexity index is 1330. The van der Waals surface area contributed by atoms with Crippen LogP contribution >= 0.6 is 11.6 Å². The number of hydrogen-bond acceptors (Lipinski definition) is 4. The van der Waals surface area contributed by atoms with Crippen molar-refractivity contribution in [1.29, 1.82) is 0 Å². The van der Waals surface area contributed by atoms with Gasteiger partial charge in [-0.25, -0.2) is 9.97 Å². The van der Waals surface area contributed by atoms with Gasteiger partial charge < -0.3 is 10.6 Å². The highest BCUT2D eigenvalue weighted by Gasteiger charge is 2.25. The average molecular weight is 448 g/mol. The van der Waals surface area contributed by atoms with Crippen LogP contribution in [0.1, 0.15) is 48.5 Å². The minimum Gasteiger partial charge on any atom is -0.367 e. The molecule has 2 aromatic heterocycles. The van der Waals surface area contributed by atoms with E-state index in [1.165, 1.54) is 0 Å². The summed E-state index contributed by atoms with van der Waals surface area (Å²) in [5.41, 5.74) is 6.12. The molecule has 5 rings (SSSR count). The molecule has 1 saturated carbocycles. The van der Waals surface area contributed by atoms with Gasteiger partial charge in [0.05, 0.1) is 33.5 Å². The molecule has 2 heterocycles. The number of rotatable bonds is 7. The molecule has 32 heavy (non-hydrogen) atoms. The Morgan fingerprint density at radius 2 is 2.06 bits per heavy atom. The molecule has 2 aromatic carbocycles. The fourth-order valence-corrected chi connectivity index (χ4v) is 4.17. The van der Waals surface area contributed by atoms with Gasteiger partial charge in [-0.05, 0) is 56.0 Å². The molecule has 164 valence electrons. The van der Waals surface area contributed by atoms with Crippen molar-refractivity contribution in [3.63, 3.8) is 0 Å². The van der Waals surface area contributed by atoms with Crippen molar-refractivity contribution < 1.29 is 4.79 Å². The highest BCUT2D eigenvalue weighted by molar-refractivity contribution is 6.34. The van der Waals surface area contributed by atoms with E-state index in [1.54, 1.807) is 6.07 Å². The van der Waals surface area contributed by atoms with Gasteiger partial charge in [0, 0.05) is 18.2 Å². The van der Waals surface area contributed by atoms with Gasteiger partial charge in [0.25, 0.3) is 5.91 Å². The van der Waals surface area contributed by atoms with Crippen LogP contribution in [-0.2, 0) is 0 Å². The molecule has 1 fully saturated rings. The van der Waals surface area contributed by atoms with E-state index in [0.717, 1.165) is 71.5 Å². The number of nitrogens with one attached hydrogen (secondary N) is 2. The third-order valence-corrected chi connectivity index (χ3v) is 6.14. The van der Waals surface area contributed by atoms with Crippen molar-refractivity contribution in [1.82, 2.24) is 19.7 Å². The van der Waals surface area contributed by atoms with Crippen LogP contribution in [0.15, 0.2) is 42.6 Å². The molecule has 7 heteroatoms. The summed E-state index contributed by atoms with van der Waals surface area (Å²) in [6.07, 6.45) is 6.09. The smallest absolute Gasteiger partial charge is 0.253 e. The number of aromatic nitrogens is 3. The van der Waals surface area contributed by atoms with Crippen molar-refractivity contribution in [3.05, 3.63) is 58.7 Å². The highest BCUT2D eigenvalue weighted by Crippen LogP contribution is 2.31. The van der Waals surface area contributed by atoms with Crippen LogP contribution in [0.3, 0.4) is 0 Å². The minimum atomic E-state index is -0.116. The summed E-state index contributed by atoms with van der Waals surface area (Å²) in [7, 11) is 0. The van der Waals surface area contributed by atoms with Crippen LogP contribution in [0.2, 0.25) is 5.02 Å². The Labute approximate surface area is 192 Å². The topological polar surface area (TPSA) is 71.3 Å². The van der Waals surface area contributed by atoms with Gasteiger partial charge in [0.2, 0.25) is 0 Å². The number of amides is 1. The van der Waals surface area contributed by atoms with E-state index in [2.05, 4.69) is 47.1 Å². The summed E-state index contributed by atoms with van der Waals surface area (Å²) < 4.78 is 2.12. The number of anilines is 1. The standard InChI is InChI=1S/C25H26ClN5O/c1-3-4-11-27-23-24-28-14-22(31(24)21-10-5-15(2)12-20(21)30-23)16-6-9-18(19(26)13-16)25(32)29-17-7-8-17/h5-6,9-10,12-14,17H,3-4,7-8,11H2,1-2H3,(H,27,30)(H,29,32). The van der Waals surface area contributed by atoms with Gasteiger partial charge in [-0.1, -0.05) is 37.1 Å². The molecule has 0 spiro atoms. The van der Waals surface area contributed by atoms with Crippen molar-refractivity contribution in [3.8, 4) is 11.3 Å². The molecule has 1 amide bonds. The van der Waals surface area contributed by atoms with Crippen molar-refractivity contribution in [2.45, 2.75) is 45.6 Å². The van der Waals surface area contributed by atoms with E-state index in [4.69, 9.17) is 21.6 Å². The van der Waals surface area contributed by atoms with Crippen LogP contribution < -0.4 is 10.6 Å². The van der Waals surface area contributed by atoms with E-state index in [1.807, 2.05) is 18.3 Å². The summed E-state index contributed by atoms with van der Waals surface area (Å²) in [6, 6.07) is 12.1. The predicted octanol–water partition coefficient (Wildman–Crippen LogP) is 5.62. The Morgan fingerprint density at radius 1 is 1.22 bits per heavy atom. The van der Waals surface area contributed by atoms with E-state index >= 15 is 0 Å². The molecular weight excluding hydrogens is 422 g/mol. The zero-order chi connectivity index (χ0) is 22.2. The number of unbranched alkanes of at least 4 members (excludes halogenated alkanes) is 1. The molecule has 0 aliphatic heterocycles. The minimum absolute atomic E-state index is 0.116. The maximum absolute atomic E-state index is 12.5. The summed E-state index contributed by atoms with van der Waals surface area (Å²) in [6.45, 7) is 5.07. The summed E-state index contributed by atoms with van der Waals surface area (Å²) >= 11 is 6.54. The lowest BCUT2D eigenvalue weighted by molar-refractivity contribution is 0.0951. The number of benzene rings is 2. The first kappa shape index (κ1) is 20.8. The zero-order valence-electron chi connectivity index (χ0n) is 18.3. The van der Waals surface area contributed by atoms with Crippen LogP contribution in [-0.4, -0.2) is 32.9 Å². The molecule has 2 N–H and O–H groups in total. The van der Waals surface area contributed by atoms with Gasteiger partial charge in [0.1, 0.15) is 0 Å². The molecule has 1 aliphatic carbocycles. The lowest BCUT2D eigenvalue weighted by Crippen LogP contribution is -2.25. The second kappa shape index (κ2) is 8.43. The normalized spacial score (nSPS) is 13.6. The Balaban J connectivity index is 1.62. The Morgan fingerprint density at radius 3 is 2.81 bits per heavy atom. The maximum Gasteiger partial charge on any atom is 0.253 e. The maximum atomic E-state index is 12.5. The van der Waals surface area contributed by atoms with Gasteiger partial charge >= 0.3 is 0 Å². The van der Waals surface area contributed by atoms with Crippen LogP contribution in [0, 0.1) is 6.92 Å². The summed E-state index contributed by atoms with van der Waals surface area (Å²) in [4.78, 5) is 22.0. The number of halogens is 1. The zero-order valence-corrected chi connectivity index (χ0v) is 19.0. The second-order valence-electron chi connectivity index (χ2n) is 8.48. The number of carbonyl (C=O) groups excluding carboxylic acids is 1.